The molecule has 2 rings (SSSR count). The number of alkyl carbamates (subject to hydrolysis) is 1. The number of halogens is 1. The number of hydrogen-bond acceptors (Lipinski definition) is 4. The Bertz CT molecular complexity index is 705. The molecule has 0 saturated carbocycles. The molecule has 0 spiro atoms. The van der Waals surface area contributed by atoms with Gasteiger partial charge >= 0.3 is 6.09 Å². The fraction of sp³-hybridized carbons (Fsp3) is 0.278. The van der Waals surface area contributed by atoms with Gasteiger partial charge in [-0.25, -0.2) is 9.18 Å². The van der Waals surface area contributed by atoms with E-state index in [1.54, 1.807) is 25.3 Å². The van der Waals surface area contributed by atoms with E-state index >= 15 is 0 Å². The van der Waals surface area contributed by atoms with Crippen molar-refractivity contribution in [1.82, 2.24) is 10.3 Å². The van der Waals surface area contributed by atoms with Crippen LogP contribution in [0.1, 0.15) is 30.5 Å². The van der Waals surface area contributed by atoms with E-state index in [2.05, 4.69) is 15.3 Å². The van der Waals surface area contributed by atoms with Crippen molar-refractivity contribution in [2.75, 3.05) is 13.2 Å². The number of aliphatic imine (C=N–C) groups is 1. The molecular weight excluding hydrogens is 323 g/mol. The lowest BCUT2D eigenvalue weighted by molar-refractivity contribution is 0.157. The summed E-state index contributed by atoms with van der Waals surface area (Å²) >= 11 is 0. The van der Waals surface area contributed by atoms with Crippen LogP contribution in [0.25, 0.3) is 0 Å². The molecule has 1 amide bonds. The number of nitrogens with one attached hydrogen (secondary N) is 1. The number of hydrogen-bond donors (Lipinski definition) is 2. The first-order valence-corrected chi connectivity index (χ1v) is 8.00. The van der Waals surface area contributed by atoms with E-state index in [0.717, 1.165) is 11.3 Å². The fourth-order valence-corrected chi connectivity index (χ4v) is 2.39. The van der Waals surface area contributed by atoms with Crippen molar-refractivity contribution in [3.63, 3.8) is 0 Å². The normalized spacial score (nSPS) is 12.5. The first-order valence-electron chi connectivity index (χ1n) is 8.00. The van der Waals surface area contributed by atoms with Gasteiger partial charge in [-0.1, -0.05) is 18.2 Å². The molecule has 0 saturated heterocycles. The first kappa shape index (κ1) is 18.4. The van der Waals surface area contributed by atoms with Gasteiger partial charge in [0.25, 0.3) is 0 Å². The molecule has 0 aliphatic heterocycles. The highest BCUT2D eigenvalue weighted by molar-refractivity contribution is 5.92. The number of pyridine rings is 1. The van der Waals surface area contributed by atoms with Crippen LogP contribution >= 0.6 is 0 Å². The van der Waals surface area contributed by atoms with Crippen molar-refractivity contribution in [3.05, 3.63) is 65.7 Å². The van der Waals surface area contributed by atoms with Crippen LogP contribution in [0.15, 0.2) is 53.7 Å². The predicted octanol–water partition coefficient (Wildman–Crippen LogP) is 2.80. The summed E-state index contributed by atoms with van der Waals surface area (Å²) in [5, 5.41) is 2.34. The van der Waals surface area contributed by atoms with E-state index < -0.39 is 6.09 Å². The first-order chi connectivity index (χ1) is 12.1. The van der Waals surface area contributed by atoms with Gasteiger partial charge in [-0.05, 0) is 43.2 Å². The average molecular weight is 344 g/mol. The van der Waals surface area contributed by atoms with Crippen LogP contribution in [0.4, 0.5) is 9.18 Å². The number of guanidine groups is 1. The van der Waals surface area contributed by atoms with Gasteiger partial charge in [0, 0.05) is 24.4 Å². The molecule has 1 aromatic carbocycles. The summed E-state index contributed by atoms with van der Waals surface area (Å²) in [6.45, 7) is 2.33. The largest absolute Gasteiger partial charge is 0.450 e. The zero-order valence-corrected chi connectivity index (χ0v) is 14.0. The maximum absolute atomic E-state index is 13.2. The maximum atomic E-state index is 13.2. The van der Waals surface area contributed by atoms with Crippen LogP contribution in [0.3, 0.4) is 0 Å². The van der Waals surface area contributed by atoms with Crippen molar-refractivity contribution in [2.24, 2.45) is 10.7 Å². The molecule has 0 radical (unpaired) electrons. The summed E-state index contributed by atoms with van der Waals surface area (Å²) in [7, 11) is 0. The van der Waals surface area contributed by atoms with Gasteiger partial charge in [-0.15, -0.1) is 0 Å². The summed E-state index contributed by atoms with van der Waals surface area (Å²) in [6, 6.07) is 12.0. The summed E-state index contributed by atoms with van der Waals surface area (Å²) in [6.07, 6.45) is 1.68. The number of rotatable bonds is 6. The molecule has 6 nitrogen and oxygen atoms in total. The number of amides is 1. The Kier molecular flexibility index (Phi) is 6.88. The van der Waals surface area contributed by atoms with Crippen molar-refractivity contribution < 1.29 is 13.9 Å². The van der Waals surface area contributed by atoms with Gasteiger partial charge in [-0.2, -0.15) is 0 Å². The summed E-state index contributed by atoms with van der Waals surface area (Å²) in [5.74, 6) is -0.345. The number of nitrogens with two attached hydrogens (primary N) is 1. The van der Waals surface area contributed by atoms with Gasteiger partial charge in [0.1, 0.15) is 5.82 Å². The Morgan fingerprint density at radius 1 is 1.32 bits per heavy atom. The second-order valence-electron chi connectivity index (χ2n) is 5.26. The van der Waals surface area contributed by atoms with E-state index in [1.165, 1.54) is 12.1 Å². The van der Waals surface area contributed by atoms with Crippen LogP contribution < -0.4 is 11.1 Å². The predicted molar refractivity (Wildman–Crippen MR) is 93.7 cm³/mol. The summed E-state index contributed by atoms with van der Waals surface area (Å²) in [4.78, 5) is 19.8. The van der Waals surface area contributed by atoms with E-state index in [1.807, 2.05) is 18.2 Å². The number of nitrogens with zero attached hydrogens (tertiary/aromatic N) is 2. The molecular formula is C18H21FN4O2. The zero-order chi connectivity index (χ0) is 18.1. The minimum atomic E-state index is -0.636. The number of aromatic nitrogens is 1. The highest BCUT2D eigenvalue weighted by atomic mass is 19.1. The highest BCUT2D eigenvalue weighted by Crippen LogP contribution is 2.26. The van der Waals surface area contributed by atoms with Crippen molar-refractivity contribution in [2.45, 2.75) is 19.3 Å². The lowest BCUT2D eigenvalue weighted by Gasteiger charge is -2.16. The van der Waals surface area contributed by atoms with Gasteiger partial charge < -0.3 is 10.5 Å². The van der Waals surface area contributed by atoms with Gasteiger partial charge in [-0.3, -0.25) is 15.3 Å². The molecule has 1 unspecified atom stereocenters. The molecule has 0 bridgehead atoms. The molecule has 1 heterocycles. The third kappa shape index (κ3) is 5.87. The van der Waals surface area contributed by atoms with E-state index in [4.69, 9.17) is 10.5 Å². The molecule has 3 N–H and O–H groups in total. The molecule has 7 heteroatoms. The quantitative estimate of drug-likeness (QED) is 0.623. The molecule has 1 aromatic heterocycles. The van der Waals surface area contributed by atoms with Crippen molar-refractivity contribution in [3.8, 4) is 0 Å². The van der Waals surface area contributed by atoms with Crippen molar-refractivity contribution in [1.29, 1.82) is 0 Å². The second-order valence-corrected chi connectivity index (χ2v) is 5.26. The Labute approximate surface area is 145 Å². The summed E-state index contributed by atoms with van der Waals surface area (Å²) < 4.78 is 17.9. The standard InChI is InChI=1S/C18H21FN4O2/c1-2-25-18(24)23-17(20)22-12-10-15(16-5-3-4-11-21-16)13-6-8-14(19)9-7-13/h3-9,11,15H,2,10,12H2,1H3,(H3,20,22,23,24). The Hall–Kier alpha value is -2.96. The van der Waals surface area contributed by atoms with E-state index in [-0.39, 0.29) is 24.3 Å². The summed E-state index contributed by atoms with van der Waals surface area (Å²) in [5.41, 5.74) is 7.46. The van der Waals surface area contributed by atoms with Gasteiger partial charge in [0.15, 0.2) is 5.96 Å². The number of benzene rings is 1. The molecule has 25 heavy (non-hydrogen) atoms. The zero-order valence-electron chi connectivity index (χ0n) is 14.0. The molecule has 0 aliphatic carbocycles. The maximum Gasteiger partial charge on any atom is 0.413 e. The van der Waals surface area contributed by atoms with Crippen LogP contribution in [0.2, 0.25) is 0 Å². The van der Waals surface area contributed by atoms with Gasteiger partial charge in [0.05, 0.1) is 6.61 Å². The highest BCUT2D eigenvalue weighted by Gasteiger charge is 2.15. The minimum Gasteiger partial charge on any atom is -0.450 e. The third-order valence-electron chi connectivity index (χ3n) is 3.52. The fourth-order valence-electron chi connectivity index (χ4n) is 2.39. The van der Waals surface area contributed by atoms with Crippen LogP contribution in [-0.2, 0) is 4.74 Å². The number of ether oxygens (including phenoxy) is 1. The van der Waals surface area contributed by atoms with E-state index in [9.17, 15) is 9.18 Å². The molecule has 1 atom stereocenters. The number of carbonyl (C=O) groups is 1. The molecule has 0 aliphatic rings. The lowest BCUT2D eigenvalue weighted by Crippen LogP contribution is -2.37. The van der Waals surface area contributed by atoms with E-state index in [0.29, 0.717) is 13.0 Å². The monoisotopic (exact) mass is 344 g/mol. The molecule has 132 valence electrons. The topological polar surface area (TPSA) is 89.6 Å². The second kappa shape index (κ2) is 9.36. The van der Waals surface area contributed by atoms with Crippen molar-refractivity contribution >= 4 is 12.1 Å². The lowest BCUT2D eigenvalue weighted by atomic mass is 9.92. The smallest absolute Gasteiger partial charge is 0.413 e. The average Bonchev–Trinajstić information content (AvgIpc) is 2.61. The SMILES string of the molecule is CCOC(=O)NC(N)=NCCC(c1ccc(F)cc1)c1ccccn1. The minimum absolute atomic E-state index is 0.00248. The van der Waals surface area contributed by atoms with Crippen LogP contribution in [0, 0.1) is 5.82 Å². The number of carbonyl (C=O) groups excluding carboxylic acids is 1. The Morgan fingerprint density at radius 2 is 2.08 bits per heavy atom. The Balaban J connectivity index is 2.07. The third-order valence-corrected chi connectivity index (χ3v) is 3.52. The Morgan fingerprint density at radius 3 is 2.72 bits per heavy atom. The van der Waals surface area contributed by atoms with Crippen LogP contribution in [-0.4, -0.2) is 30.2 Å². The van der Waals surface area contributed by atoms with Crippen LogP contribution in [0.5, 0.6) is 0 Å². The molecule has 0 fully saturated rings. The molecule has 2 aromatic rings. The van der Waals surface area contributed by atoms with Gasteiger partial charge in [0.2, 0.25) is 0 Å².